The summed E-state index contributed by atoms with van der Waals surface area (Å²) in [6, 6.07) is 0. The lowest BCUT2D eigenvalue weighted by Gasteiger charge is -2.30. The van der Waals surface area contributed by atoms with E-state index in [1.54, 1.807) is 0 Å². The molecule has 0 bridgehead atoms. The van der Waals surface area contributed by atoms with Crippen LogP contribution in [-0.2, 0) is 19.0 Å². The van der Waals surface area contributed by atoms with Crippen LogP contribution in [0.4, 0.5) is 0 Å². The molecule has 0 aliphatic heterocycles. The molecule has 0 radical (unpaired) electrons. The molecule has 0 unspecified atom stereocenters. The van der Waals surface area contributed by atoms with Gasteiger partial charge in [-0.15, -0.1) is 0 Å². The monoisotopic (exact) mass is 246 g/mol. The van der Waals surface area contributed by atoms with Gasteiger partial charge in [0.05, 0.1) is 6.23 Å². The van der Waals surface area contributed by atoms with Crippen LogP contribution in [0.15, 0.2) is 12.7 Å². The predicted octanol–water partition coefficient (Wildman–Crippen LogP) is 1.90. The van der Waals surface area contributed by atoms with Gasteiger partial charge in [-0.25, -0.2) is 4.79 Å². The lowest BCUT2D eigenvalue weighted by Crippen LogP contribution is -2.50. The third kappa shape index (κ3) is 5.44. The van der Waals surface area contributed by atoms with E-state index in [1.165, 1.54) is 6.08 Å². The minimum absolute atomic E-state index is 0.236. The van der Waals surface area contributed by atoms with Gasteiger partial charge in [-0.3, -0.25) is 0 Å². The van der Waals surface area contributed by atoms with Crippen molar-refractivity contribution in [2.75, 3.05) is 19.4 Å². The van der Waals surface area contributed by atoms with Gasteiger partial charge in [-0.05, 0) is 13.8 Å². The molecule has 4 nitrogen and oxygen atoms in total. The Bertz CT molecular complexity index is 222. The lowest BCUT2D eigenvalue weighted by atomic mass is 10.7. The highest BCUT2D eigenvalue weighted by Crippen LogP contribution is 2.14. The predicted molar refractivity (Wildman–Crippen MR) is 65.7 cm³/mol. The first kappa shape index (κ1) is 15.3. The van der Waals surface area contributed by atoms with E-state index >= 15 is 0 Å². The van der Waals surface area contributed by atoms with Gasteiger partial charge in [0.2, 0.25) is 0 Å². The third-order valence-corrected chi connectivity index (χ3v) is 4.53. The number of rotatable bonds is 8. The molecule has 16 heavy (non-hydrogen) atoms. The summed E-state index contributed by atoms with van der Waals surface area (Å²) < 4.78 is 16.1. The van der Waals surface area contributed by atoms with Gasteiger partial charge in [-0.2, -0.15) is 0 Å². The molecule has 5 heteroatoms. The summed E-state index contributed by atoms with van der Waals surface area (Å²) in [5.41, 5.74) is 0. The zero-order chi connectivity index (χ0) is 12.6. The third-order valence-electron chi connectivity index (χ3n) is 2.03. The summed E-state index contributed by atoms with van der Waals surface area (Å²) in [5.74, 6) is -0.632. The van der Waals surface area contributed by atoms with Crippen molar-refractivity contribution < 1.29 is 19.0 Å². The highest BCUT2D eigenvalue weighted by Gasteiger charge is 2.35. The fourth-order valence-corrected chi connectivity index (χ4v) is 3.07. The minimum Gasteiger partial charge on any atom is -0.466 e. The molecule has 0 saturated carbocycles. The van der Waals surface area contributed by atoms with Crippen LogP contribution in [0, 0.1) is 0 Å². The molecule has 94 valence electrons. The highest BCUT2D eigenvalue weighted by atomic mass is 28.3. The Hall–Kier alpha value is -0.653. The van der Waals surface area contributed by atoms with Gasteiger partial charge in [0.15, 0.2) is 8.07 Å². The number of hydrogen-bond acceptors (Lipinski definition) is 4. The average molecular weight is 246 g/mol. The van der Waals surface area contributed by atoms with Crippen LogP contribution in [0.5, 0.6) is 0 Å². The second-order valence-corrected chi connectivity index (χ2v) is 8.78. The second-order valence-electron chi connectivity index (χ2n) is 4.04. The number of carbonyl (C=O) groups excluding carboxylic acids is 1. The molecule has 0 aromatic rings. The van der Waals surface area contributed by atoms with E-state index in [1.807, 2.05) is 13.8 Å². The van der Waals surface area contributed by atoms with Crippen molar-refractivity contribution in [3.8, 4) is 0 Å². The van der Waals surface area contributed by atoms with Crippen molar-refractivity contribution in [3.63, 3.8) is 0 Å². The Morgan fingerprint density at radius 1 is 1.31 bits per heavy atom. The first-order chi connectivity index (χ1) is 7.47. The fraction of sp³-hybridized carbons (Fsp3) is 0.727. The molecule has 0 atom stereocenters. The van der Waals surface area contributed by atoms with Crippen LogP contribution in [0.3, 0.4) is 0 Å². The van der Waals surface area contributed by atoms with Crippen LogP contribution >= 0.6 is 0 Å². The van der Waals surface area contributed by atoms with E-state index in [0.717, 1.165) is 0 Å². The van der Waals surface area contributed by atoms with Gasteiger partial charge < -0.3 is 14.2 Å². The number of carbonyl (C=O) groups is 1. The van der Waals surface area contributed by atoms with E-state index in [9.17, 15) is 4.79 Å². The molecule has 0 fully saturated rings. The van der Waals surface area contributed by atoms with Gasteiger partial charge in [0.25, 0.3) is 0 Å². The zero-order valence-electron chi connectivity index (χ0n) is 10.6. The standard InChI is InChI=1S/C11H22O4Si/c1-6-10(12)15-9-16(4,5)11(13-7-2)14-8-3/h6,11H,1,7-9H2,2-5H3. The van der Waals surface area contributed by atoms with Crippen molar-refractivity contribution in [1.82, 2.24) is 0 Å². The van der Waals surface area contributed by atoms with Crippen LogP contribution in [0.25, 0.3) is 0 Å². The summed E-state index contributed by atoms with van der Waals surface area (Å²) in [6.07, 6.45) is 1.55. The number of hydrogen-bond donors (Lipinski definition) is 0. The zero-order valence-corrected chi connectivity index (χ0v) is 11.6. The highest BCUT2D eigenvalue weighted by molar-refractivity contribution is 6.78. The molecule has 0 aromatic carbocycles. The Labute approximate surface area is 98.6 Å². The largest absolute Gasteiger partial charge is 0.466 e. The average Bonchev–Trinajstić information content (AvgIpc) is 2.25. The van der Waals surface area contributed by atoms with Crippen molar-refractivity contribution in [2.24, 2.45) is 0 Å². The SMILES string of the molecule is C=CC(=O)OC[Si](C)(C)C(OCC)OCC. The number of ether oxygens (including phenoxy) is 3. The quantitative estimate of drug-likeness (QED) is 0.284. The van der Waals surface area contributed by atoms with E-state index in [0.29, 0.717) is 19.4 Å². The maximum atomic E-state index is 11.0. The molecule has 0 saturated heterocycles. The molecule has 0 rings (SSSR count). The van der Waals surface area contributed by atoms with Crippen molar-refractivity contribution in [3.05, 3.63) is 12.7 Å². The Balaban J connectivity index is 4.32. The summed E-state index contributed by atoms with van der Waals surface area (Å²) >= 11 is 0. The molecule has 0 aromatic heterocycles. The van der Waals surface area contributed by atoms with Gasteiger partial charge in [-0.1, -0.05) is 19.7 Å². The molecular weight excluding hydrogens is 224 g/mol. The van der Waals surface area contributed by atoms with Crippen molar-refractivity contribution in [2.45, 2.75) is 32.9 Å². The fourth-order valence-electron chi connectivity index (χ4n) is 1.19. The second kappa shape index (κ2) is 7.59. The van der Waals surface area contributed by atoms with Crippen molar-refractivity contribution in [1.29, 1.82) is 0 Å². The topological polar surface area (TPSA) is 44.8 Å². The lowest BCUT2D eigenvalue weighted by molar-refractivity contribution is -0.136. The van der Waals surface area contributed by atoms with Crippen LogP contribution in [0.1, 0.15) is 13.8 Å². The molecule has 0 amide bonds. The summed E-state index contributed by atoms with van der Waals surface area (Å²) in [6.45, 7) is 12.5. The van der Waals surface area contributed by atoms with Crippen molar-refractivity contribution >= 4 is 14.0 Å². The Kier molecular flexibility index (Phi) is 7.28. The van der Waals surface area contributed by atoms with Gasteiger partial charge >= 0.3 is 5.97 Å². The van der Waals surface area contributed by atoms with E-state index in [-0.39, 0.29) is 5.91 Å². The first-order valence-electron chi connectivity index (χ1n) is 5.50. The first-order valence-corrected chi connectivity index (χ1v) is 8.78. The smallest absolute Gasteiger partial charge is 0.329 e. The van der Waals surface area contributed by atoms with Crippen LogP contribution in [-0.4, -0.2) is 39.4 Å². The number of esters is 1. The normalized spacial score (nSPS) is 11.6. The summed E-state index contributed by atoms with van der Waals surface area (Å²) in [7, 11) is -1.89. The maximum absolute atomic E-state index is 11.0. The Morgan fingerprint density at radius 3 is 2.19 bits per heavy atom. The van der Waals surface area contributed by atoms with E-state index in [4.69, 9.17) is 14.2 Å². The molecule has 0 spiro atoms. The van der Waals surface area contributed by atoms with Gasteiger partial charge in [0.1, 0.15) is 5.91 Å². The molecule has 0 aliphatic rings. The van der Waals surface area contributed by atoms with E-state index < -0.39 is 14.0 Å². The maximum Gasteiger partial charge on any atom is 0.329 e. The summed E-state index contributed by atoms with van der Waals surface area (Å²) in [5, 5.41) is 0. The summed E-state index contributed by atoms with van der Waals surface area (Å²) in [4.78, 5) is 11.0. The molecule has 0 N–H and O–H groups in total. The van der Waals surface area contributed by atoms with Crippen LogP contribution in [0.2, 0.25) is 13.1 Å². The van der Waals surface area contributed by atoms with E-state index in [2.05, 4.69) is 19.7 Å². The molecule has 0 heterocycles. The minimum atomic E-state index is -1.89. The molecule has 0 aliphatic carbocycles. The molecular formula is C11H22O4Si. The van der Waals surface area contributed by atoms with Gasteiger partial charge in [0, 0.05) is 19.3 Å². The van der Waals surface area contributed by atoms with Crippen LogP contribution < -0.4 is 0 Å². The Morgan fingerprint density at radius 2 is 1.81 bits per heavy atom.